The minimum Gasteiger partial charge on any atom is -0.357 e. The maximum absolute atomic E-state index is 6.20. The number of nitrogens with zero attached hydrogens (tertiary/aromatic N) is 2. The van der Waals surface area contributed by atoms with E-state index in [9.17, 15) is 0 Å². The second-order valence-electron chi connectivity index (χ2n) is 5.98. The van der Waals surface area contributed by atoms with Gasteiger partial charge < -0.3 is 15.6 Å². The molecule has 0 spiro atoms. The Morgan fingerprint density at radius 3 is 2.69 bits per heavy atom. The van der Waals surface area contributed by atoms with Gasteiger partial charge in [0.1, 0.15) is 5.82 Å². The molecule has 0 saturated heterocycles. The van der Waals surface area contributed by atoms with Gasteiger partial charge in [-0.05, 0) is 37.1 Å². The van der Waals surface area contributed by atoms with E-state index in [1.807, 2.05) is 42.5 Å². The lowest BCUT2D eigenvalue weighted by Gasteiger charge is -2.11. The third-order valence-corrected chi connectivity index (χ3v) is 4.41. The zero-order valence-corrected chi connectivity index (χ0v) is 15.7. The molecule has 5 nitrogen and oxygen atoms in total. The Labute approximate surface area is 158 Å². The standard InChI is InChI=1S/C20H24ClN5/c1-2-22-20(23-13-11-15-7-3-4-8-16(15)21)24-14-12-19-25-17-9-5-6-10-18(17)26-19/h3-10H,2,11-14H2,1H3,(H,25,26)(H2,22,23,24). The molecule has 1 heterocycles. The molecule has 6 heteroatoms. The molecule has 26 heavy (non-hydrogen) atoms. The number of aromatic nitrogens is 2. The summed E-state index contributed by atoms with van der Waals surface area (Å²) in [6, 6.07) is 16.0. The maximum Gasteiger partial charge on any atom is 0.191 e. The number of halogens is 1. The molecule has 3 aromatic rings. The first-order valence-corrected chi connectivity index (χ1v) is 9.33. The van der Waals surface area contributed by atoms with Crippen LogP contribution >= 0.6 is 11.6 Å². The van der Waals surface area contributed by atoms with Crippen LogP contribution in [0.2, 0.25) is 5.02 Å². The molecular formula is C20H24ClN5. The lowest BCUT2D eigenvalue weighted by atomic mass is 10.1. The van der Waals surface area contributed by atoms with E-state index in [1.54, 1.807) is 0 Å². The highest BCUT2D eigenvalue weighted by Gasteiger charge is 2.03. The molecule has 136 valence electrons. The van der Waals surface area contributed by atoms with Crippen molar-refractivity contribution in [3.8, 4) is 0 Å². The normalized spacial score (nSPS) is 11.7. The van der Waals surface area contributed by atoms with E-state index in [0.29, 0.717) is 6.54 Å². The molecule has 3 rings (SSSR count). The van der Waals surface area contributed by atoms with Gasteiger partial charge >= 0.3 is 0 Å². The first-order chi connectivity index (χ1) is 12.8. The Morgan fingerprint density at radius 2 is 1.88 bits per heavy atom. The number of rotatable bonds is 7. The van der Waals surface area contributed by atoms with Crippen LogP contribution < -0.4 is 10.6 Å². The highest BCUT2D eigenvalue weighted by atomic mass is 35.5. The van der Waals surface area contributed by atoms with Crippen LogP contribution in [0, 0.1) is 0 Å². The van der Waals surface area contributed by atoms with Gasteiger partial charge in [0.25, 0.3) is 0 Å². The smallest absolute Gasteiger partial charge is 0.191 e. The minimum atomic E-state index is 0.668. The number of guanidine groups is 1. The number of hydrogen-bond donors (Lipinski definition) is 3. The molecule has 0 bridgehead atoms. The van der Waals surface area contributed by atoms with E-state index in [0.717, 1.165) is 59.3 Å². The summed E-state index contributed by atoms with van der Waals surface area (Å²) in [4.78, 5) is 12.6. The van der Waals surface area contributed by atoms with Crippen molar-refractivity contribution in [3.63, 3.8) is 0 Å². The highest BCUT2D eigenvalue weighted by Crippen LogP contribution is 2.14. The molecule has 0 unspecified atom stereocenters. The Morgan fingerprint density at radius 1 is 1.08 bits per heavy atom. The molecule has 0 saturated carbocycles. The molecule has 0 aliphatic rings. The fourth-order valence-electron chi connectivity index (χ4n) is 2.76. The van der Waals surface area contributed by atoms with Crippen molar-refractivity contribution in [1.82, 2.24) is 20.6 Å². The Kier molecular flexibility index (Phi) is 6.50. The van der Waals surface area contributed by atoms with Crippen LogP contribution in [0.1, 0.15) is 18.3 Å². The highest BCUT2D eigenvalue weighted by molar-refractivity contribution is 6.31. The summed E-state index contributed by atoms with van der Waals surface area (Å²) in [5, 5.41) is 7.44. The summed E-state index contributed by atoms with van der Waals surface area (Å²) in [5.74, 6) is 1.78. The van der Waals surface area contributed by atoms with Crippen LogP contribution in [0.25, 0.3) is 11.0 Å². The average molecular weight is 370 g/mol. The predicted octanol–water partition coefficient (Wildman–Crippen LogP) is 3.56. The first kappa shape index (κ1) is 18.3. The van der Waals surface area contributed by atoms with Crippen molar-refractivity contribution >= 4 is 28.6 Å². The SMILES string of the molecule is CCNC(=NCCc1nc2ccccc2[nH]1)NCCc1ccccc1Cl. The summed E-state index contributed by atoms with van der Waals surface area (Å²) in [6.07, 6.45) is 1.63. The molecular weight excluding hydrogens is 346 g/mol. The number of fused-ring (bicyclic) bond motifs is 1. The van der Waals surface area contributed by atoms with Gasteiger partial charge in [-0.1, -0.05) is 41.9 Å². The zero-order chi connectivity index (χ0) is 18.2. The van der Waals surface area contributed by atoms with Gasteiger partial charge in [-0.15, -0.1) is 0 Å². The second-order valence-corrected chi connectivity index (χ2v) is 6.39. The number of aromatic amines is 1. The van der Waals surface area contributed by atoms with Crippen molar-refractivity contribution < 1.29 is 0 Å². The Balaban J connectivity index is 1.52. The fourth-order valence-corrected chi connectivity index (χ4v) is 2.99. The first-order valence-electron chi connectivity index (χ1n) is 8.95. The van der Waals surface area contributed by atoms with Crippen LogP contribution in [0.15, 0.2) is 53.5 Å². The predicted molar refractivity (Wildman–Crippen MR) is 109 cm³/mol. The Bertz CT molecular complexity index is 838. The quantitative estimate of drug-likeness (QED) is 0.440. The lowest BCUT2D eigenvalue weighted by Crippen LogP contribution is -2.38. The van der Waals surface area contributed by atoms with E-state index in [-0.39, 0.29) is 0 Å². The lowest BCUT2D eigenvalue weighted by molar-refractivity contribution is 0.792. The van der Waals surface area contributed by atoms with Gasteiger partial charge in [-0.2, -0.15) is 0 Å². The average Bonchev–Trinajstić information content (AvgIpc) is 3.06. The van der Waals surface area contributed by atoms with Gasteiger partial charge in [0.05, 0.1) is 11.0 Å². The Hall–Kier alpha value is -2.53. The molecule has 0 atom stereocenters. The monoisotopic (exact) mass is 369 g/mol. The number of imidazole rings is 1. The maximum atomic E-state index is 6.20. The molecule has 0 aliphatic heterocycles. The number of nitrogens with one attached hydrogen (secondary N) is 3. The van der Waals surface area contributed by atoms with E-state index < -0.39 is 0 Å². The summed E-state index contributed by atoms with van der Waals surface area (Å²) >= 11 is 6.20. The number of para-hydroxylation sites is 2. The van der Waals surface area contributed by atoms with Gasteiger partial charge in [0.2, 0.25) is 0 Å². The van der Waals surface area contributed by atoms with Crippen molar-refractivity contribution in [2.75, 3.05) is 19.6 Å². The summed E-state index contributed by atoms with van der Waals surface area (Å²) in [6.45, 7) is 4.33. The van der Waals surface area contributed by atoms with Crippen LogP contribution in [-0.2, 0) is 12.8 Å². The largest absolute Gasteiger partial charge is 0.357 e. The van der Waals surface area contributed by atoms with Gasteiger partial charge in [0, 0.05) is 31.1 Å². The number of H-pyrrole nitrogens is 1. The molecule has 2 aromatic carbocycles. The minimum absolute atomic E-state index is 0.668. The van der Waals surface area contributed by atoms with Crippen molar-refractivity contribution in [2.45, 2.75) is 19.8 Å². The molecule has 0 aliphatic carbocycles. The van der Waals surface area contributed by atoms with E-state index in [1.165, 1.54) is 0 Å². The van der Waals surface area contributed by atoms with Crippen molar-refractivity contribution in [2.24, 2.45) is 4.99 Å². The van der Waals surface area contributed by atoms with Gasteiger partial charge in [0.15, 0.2) is 5.96 Å². The van der Waals surface area contributed by atoms with E-state index in [4.69, 9.17) is 11.6 Å². The number of aliphatic imine (C=N–C) groups is 1. The summed E-state index contributed by atoms with van der Waals surface area (Å²) in [7, 11) is 0. The van der Waals surface area contributed by atoms with Crippen LogP contribution in [-0.4, -0.2) is 35.6 Å². The summed E-state index contributed by atoms with van der Waals surface area (Å²) < 4.78 is 0. The van der Waals surface area contributed by atoms with Crippen LogP contribution in [0.4, 0.5) is 0 Å². The van der Waals surface area contributed by atoms with Crippen molar-refractivity contribution in [3.05, 3.63) is 64.9 Å². The van der Waals surface area contributed by atoms with Crippen molar-refractivity contribution in [1.29, 1.82) is 0 Å². The number of hydrogen-bond acceptors (Lipinski definition) is 2. The third kappa shape index (κ3) is 4.99. The third-order valence-electron chi connectivity index (χ3n) is 4.05. The van der Waals surface area contributed by atoms with E-state index in [2.05, 4.69) is 38.6 Å². The van der Waals surface area contributed by atoms with E-state index >= 15 is 0 Å². The van der Waals surface area contributed by atoms with Crippen LogP contribution in [0.5, 0.6) is 0 Å². The molecule has 0 fully saturated rings. The van der Waals surface area contributed by atoms with Gasteiger partial charge in [-0.25, -0.2) is 4.98 Å². The van der Waals surface area contributed by atoms with Gasteiger partial charge in [-0.3, -0.25) is 4.99 Å². The number of benzene rings is 2. The topological polar surface area (TPSA) is 65.1 Å². The fraction of sp³-hybridized carbons (Fsp3) is 0.300. The second kappa shape index (κ2) is 9.25. The molecule has 1 aromatic heterocycles. The zero-order valence-electron chi connectivity index (χ0n) is 14.9. The molecule has 3 N–H and O–H groups in total. The summed E-state index contributed by atoms with van der Waals surface area (Å²) in [5.41, 5.74) is 3.20. The molecule has 0 radical (unpaired) electrons. The van der Waals surface area contributed by atoms with Crippen LogP contribution in [0.3, 0.4) is 0 Å². The molecule has 0 amide bonds.